The Hall–Kier alpha value is -2.47. The number of hydrogen-bond acceptors (Lipinski definition) is 5. The van der Waals surface area contributed by atoms with E-state index in [1.165, 1.54) is 18.2 Å². The van der Waals surface area contributed by atoms with Crippen molar-refractivity contribution in [2.75, 3.05) is 0 Å². The summed E-state index contributed by atoms with van der Waals surface area (Å²) in [4.78, 5) is 10.9. The van der Waals surface area contributed by atoms with Crippen LogP contribution in [0.15, 0.2) is 40.6 Å². The highest BCUT2D eigenvalue weighted by Crippen LogP contribution is 2.47. The number of phenols is 1. The van der Waals surface area contributed by atoms with Crippen LogP contribution in [-0.4, -0.2) is 10.0 Å². The molecule has 0 heterocycles. The lowest BCUT2D eigenvalue weighted by Crippen LogP contribution is -2.28. The van der Waals surface area contributed by atoms with Crippen LogP contribution in [0.1, 0.15) is 93.2 Å². The molecule has 0 bridgehead atoms. The Morgan fingerprint density at radius 1 is 0.829 bits per heavy atom. The van der Waals surface area contributed by atoms with Gasteiger partial charge in [-0.1, -0.05) is 86.9 Å². The first-order valence-electron chi connectivity index (χ1n) is 12.0. The Balaban J connectivity index is 2.73. The van der Waals surface area contributed by atoms with Gasteiger partial charge in [0.25, 0.3) is 5.69 Å². The van der Waals surface area contributed by atoms with Crippen molar-refractivity contribution < 1.29 is 10.0 Å². The van der Waals surface area contributed by atoms with Gasteiger partial charge < -0.3 is 5.11 Å². The molecule has 0 aliphatic carbocycles. The van der Waals surface area contributed by atoms with Gasteiger partial charge in [0.15, 0.2) is 5.69 Å². The molecule has 0 spiro atoms. The predicted molar refractivity (Wildman–Crippen MR) is 145 cm³/mol. The molecule has 2 aromatic rings. The fraction of sp³-hybridized carbons (Fsp3) is 0.571. The zero-order valence-corrected chi connectivity index (χ0v) is 23.5. The van der Waals surface area contributed by atoms with Crippen LogP contribution >= 0.6 is 11.6 Å². The van der Waals surface area contributed by atoms with Gasteiger partial charge in [0.1, 0.15) is 11.4 Å². The van der Waals surface area contributed by atoms with E-state index in [1.807, 2.05) is 6.07 Å². The SMILES string of the molecule is CC(C)(C)CC(C)(C)c1cc(N=Nc2ccc(Cl)cc2[N+](=O)[O-])c(O)c(C(C)(C)CC(C)(C)C)c1. The van der Waals surface area contributed by atoms with E-state index in [0.717, 1.165) is 24.0 Å². The largest absolute Gasteiger partial charge is 0.505 e. The van der Waals surface area contributed by atoms with Crippen molar-refractivity contribution in [3.8, 4) is 5.75 Å². The molecule has 6 nitrogen and oxygen atoms in total. The molecule has 2 rings (SSSR count). The second kappa shape index (κ2) is 9.88. The molecular formula is C28H40ClN3O3. The second-order valence-corrected chi connectivity index (χ2v) is 13.7. The number of benzene rings is 2. The first-order chi connectivity index (χ1) is 15.7. The van der Waals surface area contributed by atoms with Crippen LogP contribution in [0.4, 0.5) is 17.1 Å². The van der Waals surface area contributed by atoms with Crippen LogP contribution in [-0.2, 0) is 10.8 Å². The van der Waals surface area contributed by atoms with E-state index in [4.69, 9.17) is 11.6 Å². The summed E-state index contributed by atoms with van der Waals surface area (Å²) in [6, 6.07) is 8.18. The number of nitrogens with zero attached hydrogens (tertiary/aromatic N) is 3. The van der Waals surface area contributed by atoms with Crippen molar-refractivity contribution in [2.24, 2.45) is 21.1 Å². The Morgan fingerprint density at radius 3 is 1.86 bits per heavy atom. The van der Waals surface area contributed by atoms with Gasteiger partial charge >= 0.3 is 0 Å². The molecule has 192 valence electrons. The van der Waals surface area contributed by atoms with Gasteiger partial charge in [-0.15, -0.1) is 10.2 Å². The summed E-state index contributed by atoms with van der Waals surface area (Å²) in [5.74, 6) is 0.0509. The van der Waals surface area contributed by atoms with E-state index < -0.39 is 4.92 Å². The molecule has 0 atom stereocenters. The van der Waals surface area contributed by atoms with E-state index >= 15 is 0 Å². The first kappa shape index (κ1) is 28.8. The maximum atomic E-state index is 11.5. The minimum absolute atomic E-state index is 0.0402. The number of aromatic hydroxyl groups is 1. The van der Waals surface area contributed by atoms with Crippen molar-refractivity contribution in [3.05, 3.63) is 56.6 Å². The number of phenolic OH excluding ortho intramolecular Hbond substituents is 1. The number of nitro groups is 1. The molecule has 0 amide bonds. The molecule has 35 heavy (non-hydrogen) atoms. The van der Waals surface area contributed by atoms with Gasteiger partial charge in [-0.2, -0.15) is 0 Å². The number of rotatable bonds is 7. The highest BCUT2D eigenvalue weighted by Gasteiger charge is 2.34. The van der Waals surface area contributed by atoms with Crippen LogP contribution in [0.5, 0.6) is 5.75 Å². The smallest absolute Gasteiger partial charge is 0.298 e. The Morgan fingerprint density at radius 2 is 1.34 bits per heavy atom. The minimum Gasteiger partial charge on any atom is -0.505 e. The Kier molecular flexibility index (Phi) is 8.12. The maximum absolute atomic E-state index is 11.5. The van der Waals surface area contributed by atoms with E-state index in [2.05, 4.69) is 85.5 Å². The zero-order chi connectivity index (χ0) is 27.0. The number of azo groups is 1. The fourth-order valence-corrected chi connectivity index (χ4v) is 5.45. The molecule has 0 radical (unpaired) electrons. The summed E-state index contributed by atoms with van der Waals surface area (Å²) in [5.41, 5.74) is 1.57. The molecule has 0 saturated heterocycles. The summed E-state index contributed by atoms with van der Waals surface area (Å²) in [7, 11) is 0. The molecule has 0 aliphatic rings. The lowest BCUT2D eigenvalue weighted by molar-refractivity contribution is -0.384. The van der Waals surface area contributed by atoms with Crippen molar-refractivity contribution in [1.29, 1.82) is 0 Å². The minimum atomic E-state index is -0.541. The van der Waals surface area contributed by atoms with Gasteiger partial charge in [0, 0.05) is 16.7 Å². The standard InChI is InChI=1S/C28H40ClN3O3/c1-25(2,3)16-27(7,8)18-13-20(28(9,10)17-26(4,5)6)24(33)22(14-18)31-30-21-12-11-19(29)15-23(21)32(34)35/h11-15,33H,16-17H2,1-10H3. The number of nitro benzene ring substituents is 1. The van der Waals surface area contributed by atoms with Crippen LogP contribution in [0.2, 0.25) is 5.02 Å². The van der Waals surface area contributed by atoms with Crippen molar-refractivity contribution in [2.45, 2.75) is 92.9 Å². The molecule has 1 N–H and O–H groups in total. The fourth-order valence-electron chi connectivity index (χ4n) is 5.29. The van der Waals surface area contributed by atoms with E-state index in [0.29, 0.717) is 5.69 Å². The van der Waals surface area contributed by atoms with Gasteiger partial charge in [0.2, 0.25) is 0 Å². The Bertz CT molecular complexity index is 1120. The summed E-state index contributed by atoms with van der Waals surface area (Å²) < 4.78 is 0. The van der Waals surface area contributed by atoms with Gasteiger partial charge in [-0.3, -0.25) is 10.1 Å². The third kappa shape index (κ3) is 7.76. The topological polar surface area (TPSA) is 88.1 Å². The quantitative estimate of drug-likeness (QED) is 0.232. The first-order valence-corrected chi connectivity index (χ1v) is 12.3. The average molecular weight is 502 g/mol. The lowest BCUT2D eigenvalue weighted by Gasteiger charge is -2.37. The molecule has 0 aliphatic heterocycles. The molecule has 0 aromatic heterocycles. The summed E-state index contributed by atoms with van der Waals surface area (Å²) in [5, 5.41) is 31.5. The van der Waals surface area contributed by atoms with Crippen LogP contribution < -0.4 is 0 Å². The highest BCUT2D eigenvalue weighted by molar-refractivity contribution is 6.30. The average Bonchev–Trinajstić information content (AvgIpc) is 2.63. The van der Waals surface area contributed by atoms with E-state index in [-0.39, 0.29) is 43.8 Å². The monoisotopic (exact) mass is 501 g/mol. The van der Waals surface area contributed by atoms with Crippen LogP contribution in [0.3, 0.4) is 0 Å². The molecule has 0 unspecified atom stereocenters. The molecule has 2 aromatic carbocycles. The van der Waals surface area contributed by atoms with Gasteiger partial charge in [-0.05, 0) is 58.3 Å². The predicted octanol–water partition coefficient (Wildman–Crippen LogP) is 9.80. The van der Waals surface area contributed by atoms with Crippen LogP contribution in [0.25, 0.3) is 0 Å². The number of hydrogen-bond donors (Lipinski definition) is 1. The maximum Gasteiger partial charge on any atom is 0.298 e. The molecule has 0 fully saturated rings. The lowest BCUT2D eigenvalue weighted by atomic mass is 9.68. The number of halogens is 1. The van der Waals surface area contributed by atoms with Gasteiger partial charge in [0.05, 0.1) is 4.92 Å². The van der Waals surface area contributed by atoms with Crippen LogP contribution in [0, 0.1) is 20.9 Å². The summed E-state index contributed by atoms with van der Waals surface area (Å²) >= 11 is 5.93. The third-order valence-electron chi connectivity index (χ3n) is 5.94. The van der Waals surface area contributed by atoms with Crippen molar-refractivity contribution in [1.82, 2.24) is 0 Å². The Labute approximate surface area is 215 Å². The van der Waals surface area contributed by atoms with Gasteiger partial charge in [-0.25, -0.2) is 0 Å². The van der Waals surface area contributed by atoms with Crippen molar-refractivity contribution >= 4 is 28.7 Å². The van der Waals surface area contributed by atoms with E-state index in [1.54, 1.807) is 0 Å². The normalized spacial score (nSPS) is 13.5. The second-order valence-electron chi connectivity index (χ2n) is 13.2. The summed E-state index contributed by atoms with van der Waals surface area (Å²) in [6.07, 6.45) is 1.76. The molecule has 7 heteroatoms. The van der Waals surface area contributed by atoms with Crippen molar-refractivity contribution in [3.63, 3.8) is 0 Å². The highest BCUT2D eigenvalue weighted by atomic mass is 35.5. The zero-order valence-electron chi connectivity index (χ0n) is 22.8. The summed E-state index contributed by atoms with van der Waals surface area (Å²) in [6.45, 7) is 21.8. The van der Waals surface area contributed by atoms with E-state index in [9.17, 15) is 15.2 Å². The molecule has 0 saturated carbocycles. The molecular weight excluding hydrogens is 462 g/mol. The third-order valence-corrected chi connectivity index (χ3v) is 6.18.